The van der Waals surface area contributed by atoms with Gasteiger partial charge in [0, 0.05) is 18.0 Å². The van der Waals surface area contributed by atoms with E-state index >= 15 is 0 Å². The van der Waals surface area contributed by atoms with E-state index in [2.05, 4.69) is 29.3 Å². The summed E-state index contributed by atoms with van der Waals surface area (Å²) in [6.45, 7) is 1.97. The number of nitrogens with zero attached hydrogens (tertiary/aromatic N) is 2. The zero-order valence-corrected chi connectivity index (χ0v) is 14.3. The Morgan fingerprint density at radius 1 is 1.04 bits per heavy atom. The lowest BCUT2D eigenvalue weighted by Gasteiger charge is -1.99. The summed E-state index contributed by atoms with van der Waals surface area (Å²) in [5.41, 5.74) is 2.77. The summed E-state index contributed by atoms with van der Waals surface area (Å²) in [6.07, 6.45) is 0. The van der Waals surface area contributed by atoms with Crippen LogP contribution in [-0.4, -0.2) is 10.5 Å². The van der Waals surface area contributed by atoms with Gasteiger partial charge in [-0.15, -0.1) is 0 Å². The van der Waals surface area contributed by atoms with E-state index in [4.69, 9.17) is 0 Å². The van der Waals surface area contributed by atoms with E-state index < -0.39 is 0 Å². The fraction of sp³-hybridized carbons (Fsp3) is 0.100. The molecule has 0 radical (unpaired) electrons. The monoisotopic (exact) mass is 332 g/mol. The molecule has 0 unspecified atom stereocenters. The quantitative estimate of drug-likeness (QED) is 0.507. The number of thiazole rings is 1. The molecule has 24 heavy (non-hydrogen) atoms. The van der Waals surface area contributed by atoms with Crippen molar-refractivity contribution < 1.29 is 4.79 Å². The van der Waals surface area contributed by atoms with Gasteiger partial charge in [-0.1, -0.05) is 59.4 Å². The first kappa shape index (κ1) is 14.8. The number of fused-ring (bicyclic) bond motifs is 3. The van der Waals surface area contributed by atoms with E-state index in [-0.39, 0.29) is 5.91 Å². The highest BCUT2D eigenvalue weighted by Crippen LogP contribution is 2.27. The molecule has 1 aromatic heterocycles. The smallest absolute Gasteiger partial charge is 0.279 e. The minimum Gasteiger partial charge on any atom is -0.319 e. The van der Waals surface area contributed by atoms with Crippen LogP contribution in [0.3, 0.4) is 0 Å². The van der Waals surface area contributed by atoms with Crippen molar-refractivity contribution in [2.24, 2.45) is 12.0 Å². The van der Waals surface area contributed by atoms with E-state index in [1.54, 1.807) is 11.3 Å². The zero-order valence-electron chi connectivity index (χ0n) is 13.5. The highest BCUT2D eigenvalue weighted by Gasteiger charge is 2.09. The molecule has 4 heteroatoms. The molecular formula is C20H16N2OS. The minimum absolute atomic E-state index is 0.204. The normalized spacial score (nSPS) is 12.2. The van der Waals surface area contributed by atoms with Crippen molar-refractivity contribution >= 4 is 38.2 Å². The highest BCUT2D eigenvalue weighted by molar-refractivity contribution is 7.17. The first-order valence-corrected chi connectivity index (χ1v) is 8.58. The number of benzene rings is 3. The maximum Gasteiger partial charge on any atom is 0.279 e. The molecule has 4 aromatic rings. The molecule has 0 aliphatic heterocycles. The van der Waals surface area contributed by atoms with Crippen molar-refractivity contribution in [1.82, 2.24) is 4.57 Å². The summed E-state index contributed by atoms with van der Waals surface area (Å²) >= 11 is 1.56. The minimum atomic E-state index is -0.204. The summed E-state index contributed by atoms with van der Waals surface area (Å²) < 4.78 is 3.14. The zero-order chi connectivity index (χ0) is 16.7. The Hall–Kier alpha value is -2.72. The van der Waals surface area contributed by atoms with Crippen molar-refractivity contribution in [2.75, 3.05) is 0 Å². The second-order valence-corrected chi connectivity index (χ2v) is 6.84. The average Bonchev–Trinajstić information content (AvgIpc) is 2.91. The Balaban J connectivity index is 1.92. The number of aromatic nitrogens is 1. The van der Waals surface area contributed by atoms with Gasteiger partial charge in [0.2, 0.25) is 0 Å². The van der Waals surface area contributed by atoms with Gasteiger partial charge in [0.1, 0.15) is 0 Å². The van der Waals surface area contributed by atoms with Crippen LogP contribution in [0.1, 0.15) is 15.9 Å². The fourth-order valence-electron chi connectivity index (χ4n) is 2.89. The molecule has 0 aliphatic rings. The summed E-state index contributed by atoms with van der Waals surface area (Å²) in [6, 6.07) is 20.0. The van der Waals surface area contributed by atoms with Crippen LogP contribution in [0.4, 0.5) is 0 Å². The van der Waals surface area contributed by atoms with Gasteiger partial charge >= 0.3 is 0 Å². The molecule has 1 amide bonds. The van der Waals surface area contributed by atoms with E-state index in [0.717, 1.165) is 15.8 Å². The standard InChI is InChI=1S/C20H16N2OS/c1-13-6-5-8-15(12-13)19(23)21-20-22(2)17-11-10-14-7-3-4-9-16(14)18(17)24-20/h3-12H,1-2H3. The van der Waals surface area contributed by atoms with Gasteiger partial charge in [-0.25, -0.2) is 0 Å². The lowest BCUT2D eigenvalue weighted by Crippen LogP contribution is -2.13. The van der Waals surface area contributed by atoms with Crippen LogP contribution in [0.2, 0.25) is 0 Å². The Labute approximate surface area is 143 Å². The van der Waals surface area contributed by atoms with Gasteiger partial charge in [0.05, 0.1) is 10.2 Å². The topological polar surface area (TPSA) is 34.4 Å². The van der Waals surface area contributed by atoms with Crippen molar-refractivity contribution in [1.29, 1.82) is 0 Å². The van der Waals surface area contributed by atoms with E-state index in [1.165, 1.54) is 10.8 Å². The predicted octanol–water partition coefficient (Wildman–Crippen LogP) is 4.44. The molecule has 3 aromatic carbocycles. The van der Waals surface area contributed by atoms with Crippen LogP contribution in [0.5, 0.6) is 0 Å². The lowest BCUT2D eigenvalue weighted by atomic mass is 10.1. The molecule has 0 spiro atoms. The maximum atomic E-state index is 12.5. The van der Waals surface area contributed by atoms with Crippen LogP contribution >= 0.6 is 11.3 Å². The van der Waals surface area contributed by atoms with Crippen molar-refractivity contribution in [2.45, 2.75) is 6.92 Å². The summed E-state index contributed by atoms with van der Waals surface area (Å²) in [5, 5.41) is 2.39. The van der Waals surface area contributed by atoms with Crippen molar-refractivity contribution in [3.8, 4) is 0 Å². The second kappa shape index (κ2) is 5.73. The number of hydrogen-bond donors (Lipinski definition) is 0. The van der Waals surface area contributed by atoms with Gasteiger partial charge in [-0.05, 0) is 30.5 Å². The van der Waals surface area contributed by atoms with E-state index in [0.29, 0.717) is 10.4 Å². The Morgan fingerprint density at radius 2 is 1.88 bits per heavy atom. The number of carbonyl (C=O) groups is 1. The van der Waals surface area contributed by atoms with Gasteiger partial charge in [-0.2, -0.15) is 4.99 Å². The van der Waals surface area contributed by atoms with Gasteiger partial charge < -0.3 is 4.57 Å². The first-order chi connectivity index (χ1) is 11.6. The largest absolute Gasteiger partial charge is 0.319 e. The molecule has 3 nitrogen and oxygen atoms in total. The fourth-order valence-corrected chi connectivity index (χ4v) is 4.04. The number of carbonyl (C=O) groups excluding carboxylic acids is 1. The number of rotatable bonds is 1. The molecule has 0 atom stereocenters. The summed E-state index contributed by atoms with van der Waals surface area (Å²) in [7, 11) is 1.95. The van der Waals surface area contributed by atoms with E-state index in [1.807, 2.05) is 54.9 Å². The second-order valence-electron chi connectivity index (χ2n) is 5.87. The molecule has 1 heterocycles. The Morgan fingerprint density at radius 3 is 2.71 bits per heavy atom. The van der Waals surface area contributed by atoms with Gasteiger partial charge in [0.25, 0.3) is 5.91 Å². The van der Waals surface area contributed by atoms with Gasteiger partial charge in [0.15, 0.2) is 4.80 Å². The first-order valence-electron chi connectivity index (χ1n) is 7.76. The molecule has 0 N–H and O–H groups in total. The number of hydrogen-bond acceptors (Lipinski definition) is 2. The summed E-state index contributed by atoms with van der Waals surface area (Å²) in [4.78, 5) is 17.6. The predicted molar refractivity (Wildman–Crippen MR) is 99.4 cm³/mol. The molecule has 0 saturated heterocycles. The third-order valence-corrected chi connectivity index (χ3v) is 5.34. The highest BCUT2D eigenvalue weighted by atomic mass is 32.1. The molecular weight excluding hydrogens is 316 g/mol. The van der Waals surface area contributed by atoms with Crippen molar-refractivity contribution in [3.05, 3.63) is 76.6 Å². The summed E-state index contributed by atoms with van der Waals surface area (Å²) in [5.74, 6) is -0.204. The van der Waals surface area contributed by atoms with Crippen LogP contribution in [0.15, 0.2) is 65.7 Å². The Kier molecular flexibility index (Phi) is 3.54. The van der Waals surface area contributed by atoms with Crippen LogP contribution in [0.25, 0.3) is 21.0 Å². The van der Waals surface area contributed by atoms with E-state index in [9.17, 15) is 4.79 Å². The van der Waals surface area contributed by atoms with Crippen LogP contribution in [0, 0.1) is 6.92 Å². The molecule has 118 valence electrons. The van der Waals surface area contributed by atoms with Crippen LogP contribution < -0.4 is 4.80 Å². The molecule has 4 rings (SSSR count). The number of aryl methyl sites for hydroxylation is 2. The molecule has 0 fully saturated rings. The van der Waals surface area contributed by atoms with Gasteiger partial charge in [-0.3, -0.25) is 4.79 Å². The molecule has 0 aliphatic carbocycles. The maximum absolute atomic E-state index is 12.5. The third kappa shape index (κ3) is 2.45. The average molecular weight is 332 g/mol. The van der Waals surface area contributed by atoms with Crippen LogP contribution in [-0.2, 0) is 7.05 Å². The SMILES string of the molecule is Cc1cccc(C(=O)N=c2sc3c4ccccc4ccc3n2C)c1. The van der Waals surface area contributed by atoms with Crippen molar-refractivity contribution in [3.63, 3.8) is 0 Å². The third-order valence-electron chi connectivity index (χ3n) is 4.16. The molecule has 0 saturated carbocycles. The number of amides is 1. The molecule has 0 bridgehead atoms. The lowest BCUT2D eigenvalue weighted by molar-refractivity contribution is 0.0998. The Bertz CT molecular complexity index is 1150.